The maximum atomic E-state index is 15.1. The molecule has 0 N–H and O–H groups in total. The fraction of sp³-hybridized carbons (Fsp3) is 0.588. The smallest absolute Gasteiger partial charge is 0.410 e. The van der Waals surface area contributed by atoms with Crippen LogP contribution in [-0.4, -0.2) is 35.1 Å². The number of nitrogens with zero attached hydrogens (tertiary/aromatic N) is 1. The van der Waals surface area contributed by atoms with E-state index < -0.39 is 17.1 Å². The van der Waals surface area contributed by atoms with E-state index in [0.717, 1.165) is 11.1 Å². The lowest BCUT2D eigenvalue weighted by molar-refractivity contribution is 0.00661. The molecule has 1 aromatic rings. The van der Waals surface area contributed by atoms with Gasteiger partial charge in [0.1, 0.15) is 11.0 Å². The molecule has 1 aromatic carbocycles. The van der Waals surface area contributed by atoms with Crippen molar-refractivity contribution in [2.75, 3.05) is 13.1 Å². The Morgan fingerprint density at radius 2 is 1.95 bits per heavy atom. The fourth-order valence-corrected chi connectivity index (χ4v) is 3.31. The SMILES string of the molecule is Cc1ccc(C2CCN(C(=O)OC(C)(C)C)CC2(F)P)cc1. The highest BCUT2D eigenvalue weighted by Crippen LogP contribution is 2.43. The van der Waals surface area contributed by atoms with Crippen molar-refractivity contribution >= 4 is 15.3 Å². The van der Waals surface area contributed by atoms with Crippen LogP contribution in [0.2, 0.25) is 0 Å². The molecule has 0 spiro atoms. The normalized spacial score (nSPS) is 25.9. The standard InChI is InChI=1S/C17H25FNO2P/c1-12-5-7-13(8-6-12)14-9-10-19(11-17(14,18)22)15(20)21-16(2,3)4/h5-8,14H,9-11,22H2,1-4H3. The maximum Gasteiger partial charge on any atom is 0.410 e. The highest BCUT2D eigenvalue weighted by Gasteiger charge is 2.43. The molecule has 1 heterocycles. The fourth-order valence-electron chi connectivity index (χ4n) is 2.73. The number of aryl methyl sites for hydroxylation is 1. The van der Waals surface area contributed by atoms with Gasteiger partial charge in [0.15, 0.2) is 0 Å². The number of benzene rings is 1. The van der Waals surface area contributed by atoms with Crippen molar-refractivity contribution in [3.63, 3.8) is 0 Å². The predicted molar refractivity (Wildman–Crippen MR) is 89.9 cm³/mol. The van der Waals surface area contributed by atoms with Crippen molar-refractivity contribution in [3.05, 3.63) is 35.4 Å². The maximum absolute atomic E-state index is 15.1. The Morgan fingerprint density at radius 3 is 2.45 bits per heavy atom. The molecule has 22 heavy (non-hydrogen) atoms. The van der Waals surface area contributed by atoms with Crippen LogP contribution >= 0.6 is 9.24 Å². The van der Waals surface area contributed by atoms with Crippen LogP contribution in [-0.2, 0) is 4.74 Å². The lowest BCUT2D eigenvalue weighted by Gasteiger charge is -2.41. The van der Waals surface area contributed by atoms with E-state index in [9.17, 15) is 4.79 Å². The molecule has 0 radical (unpaired) electrons. The number of halogens is 1. The molecule has 3 unspecified atom stereocenters. The summed E-state index contributed by atoms with van der Waals surface area (Å²) in [7, 11) is 2.29. The van der Waals surface area contributed by atoms with Crippen molar-refractivity contribution < 1.29 is 13.9 Å². The molecule has 3 nitrogen and oxygen atoms in total. The van der Waals surface area contributed by atoms with E-state index in [1.54, 1.807) is 0 Å². The number of carbonyl (C=O) groups is 1. The van der Waals surface area contributed by atoms with Crippen molar-refractivity contribution in [2.45, 2.75) is 51.0 Å². The summed E-state index contributed by atoms with van der Waals surface area (Å²) in [5, 5.41) is -1.54. The first-order chi connectivity index (χ1) is 10.1. The number of hydrogen-bond acceptors (Lipinski definition) is 2. The first-order valence-corrected chi connectivity index (χ1v) is 8.18. The van der Waals surface area contributed by atoms with Crippen LogP contribution in [0.1, 0.15) is 44.2 Å². The third-order valence-electron chi connectivity index (χ3n) is 3.83. The number of alkyl halides is 1. The average molecular weight is 325 g/mol. The van der Waals surface area contributed by atoms with Gasteiger partial charge in [-0.25, -0.2) is 9.18 Å². The minimum Gasteiger partial charge on any atom is -0.444 e. The van der Waals surface area contributed by atoms with Gasteiger partial charge in [-0.05, 0) is 39.7 Å². The second-order valence-corrected chi connectivity index (χ2v) is 8.04. The first-order valence-electron chi connectivity index (χ1n) is 7.61. The molecular formula is C17H25FNO2P. The van der Waals surface area contributed by atoms with Crippen molar-refractivity contribution in [3.8, 4) is 0 Å². The number of ether oxygens (including phenoxy) is 1. The van der Waals surface area contributed by atoms with Crippen molar-refractivity contribution in [1.82, 2.24) is 4.90 Å². The summed E-state index contributed by atoms with van der Waals surface area (Å²) >= 11 is 0. The Bertz CT molecular complexity index is 537. The van der Waals surface area contributed by atoms with E-state index in [1.165, 1.54) is 4.90 Å². The van der Waals surface area contributed by atoms with Crippen LogP contribution in [0.25, 0.3) is 0 Å². The van der Waals surface area contributed by atoms with E-state index in [4.69, 9.17) is 4.74 Å². The third-order valence-corrected chi connectivity index (χ3v) is 4.42. The summed E-state index contributed by atoms with van der Waals surface area (Å²) in [6.45, 7) is 7.99. The minimum absolute atomic E-state index is 0.0329. The number of amides is 1. The molecule has 0 saturated carbocycles. The largest absolute Gasteiger partial charge is 0.444 e. The summed E-state index contributed by atoms with van der Waals surface area (Å²) in [6, 6.07) is 7.94. The van der Waals surface area contributed by atoms with Gasteiger partial charge in [-0.2, -0.15) is 0 Å². The number of carbonyl (C=O) groups excluding carboxylic acids is 1. The van der Waals surface area contributed by atoms with Gasteiger partial charge >= 0.3 is 6.09 Å². The second kappa shape index (κ2) is 6.16. The van der Waals surface area contributed by atoms with Gasteiger partial charge in [0.05, 0.1) is 6.54 Å². The number of likely N-dealkylation sites (tertiary alicyclic amines) is 1. The Morgan fingerprint density at radius 1 is 1.36 bits per heavy atom. The van der Waals surface area contributed by atoms with Gasteiger partial charge in [-0.3, -0.25) is 0 Å². The molecule has 1 amide bonds. The summed E-state index contributed by atoms with van der Waals surface area (Å²) in [6.07, 6.45) is 0.141. The molecule has 0 aliphatic carbocycles. The van der Waals surface area contributed by atoms with E-state index in [0.29, 0.717) is 13.0 Å². The van der Waals surface area contributed by atoms with E-state index >= 15 is 4.39 Å². The lowest BCUT2D eigenvalue weighted by Crippen LogP contribution is -2.50. The minimum atomic E-state index is -1.54. The molecule has 1 aliphatic rings. The van der Waals surface area contributed by atoms with Gasteiger partial charge in [-0.1, -0.05) is 39.1 Å². The van der Waals surface area contributed by atoms with Gasteiger partial charge in [-0.15, -0.1) is 0 Å². The number of rotatable bonds is 1. The molecule has 5 heteroatoms. The molecule has 2 rings (SSSR count). The van der Waals surface area contributed by atoms with E-state index in [-0.39, 0.29) is 12.5 Å². The molecule has 1 fully saturated rings. The van der Waals surface area contributed by atoms with Crippen LogP contribution in [0.15, 0.2) is 24.3 Å². The Hall–Kier alpha value is -1.15. The predicted octanol–water partition coefficient (Wildman–Crippen LogP) is 4.26. The molecule has 1 saturated heterocycles. The van der Waals surface area contributed by atoms with Crippen molar-refractivity contribution in [1.29, 1.82) is 0 Å². The van der Waals surface area contributed by atoms with Crippen LogP contribution in [0.4, 0.5) is 9.18 Å². The number of hydrogen-bond donors (Lipinski definition) is 0. The third kappa shape index (κ3) is 4.19. The highest BCUT2D eigenvalue weighted by molar-refractivity contribution is 7.18. The monoisotopic (exact) mass is 325 g/mol. The molecule has 122 valence electrons. The molecule has 0 bridgehead atoms. The summed E-state index contributed by atoms with van der Waals surface area (Å²) in [5.41, 5.74) is 1.57. The topological polar surface area (TPSA) is 29.5 Å². The van der Waals surface area contributed by atoms with Gasteiger partial charge in [0, 0.05) is 12.5 Å². The zero-order chi connectivity index (χ0) is 16.5. The van der Waals surface area contributed by atoms with Crippen LogP contribution < -0.4 is 0 Å². The van der Waals surface area contributed by atoms with Crippen LogP contribution in [0, 0.1) is 6.92 Å². The Kier molecular flexibility index (Phi) is 4.81. The Balaban J connectivity index is 2.09. The molecule has 1 aliphatic heterocycles. The van der Waals surface area contributed by atoms with Gasteiger partial charge in [0.25, 0.3) is 0 Å². The first kappa shape index (κ1) is 17.2. The zero-order valence-electron chi connectivity index (χ0n) is 13.7. The van der Waals surface area contributed by atoms with Crippen molar-refractivity contribution in [2.24, 2.45) is 0 Å². The second-order valence-electron chi connectivity index (χ2n) is 7.08. The summed E-state index contributed by atoms with van der Waals surface area (Å²) in [5.74, 6) is -0.225. The van der Waals surface area contributed by atoms with E-state index in [1.807, 2.05) is 52.0 Å². The van der Waals surface area contributed by atoms with Gasteiger partial charge < -0.3 is 9.64 Å². The highest BCUT2D eigenvalue weighted by atomic mass is 31.0. The van der Waals surface area contributed by atoms with Gasteiger partial charge in [0.2, 0.25) is 0 Å². The number of piperidine rings is 1. The van der Waals surface area contributed by atoms with Crippen LogP contribution in [0.5, 0.6) is 0 Å². The van der Waals surface area contributed by atoms with Crippen LogP contribution in [0.3, 0.4) is 0 Å². The lowest BCUT2D eigenvalue weighted by atomic mass is 9.87. The molecular weight excluding hydrogens is 300 g/mol. The molecule has 0 aromatic heterocycles. The quantitative estimate of drug-likeness (QED) is 0.722. The zero-order valence-corrected chi connectivity index (χ0v) is 14.9. The summed E-state index contributed by atoms with van der Waals surface area (Å²) in [4.78, 5) is 13.6. The molecule has 3 atom stereocenters. The average Bonchev–Trinajstić information content (AvgIpc) is 2.37. The van der Waals surface area contributed by atoms with E-state index in [2.05, 4.69) is 9.24 Å². The summed E-state index contributed by atoms with van der Waals surface area (Å²) < 4.78 is 20.4. The Labute approximate surface area is 134 Å².